The molecule has 0 aromatic carbocycles. The molecule has 2 aliphatic heterocycles. The van der Waals surface area contributed by atoms with Crippen LogP contribution in [0.2, 0.25) is 5.02 Å². The zero-order chi connectivity index (χ0) is 24.9. The highest BCUT2D eigenvalue weighted by molar-refractivity contribution is 7.96. The molecule has 2 aromatic rings. The number of aryl methyl sites for hydroxylation is 1. The van der Waals surface area contributed by atoms with Crippen LogP contribution in [0.4, 0.5) is 10.2 Å². The molecule has 0 saturated heterocycles. The smallest absolute Gasteiger partial charge is 0.275 e. The van der Waals surface area contributed by atoms with Crippen LogP contribution in [0.5, 0.6) is 0 Å². The zero-order valence-corrected chi connectivity index (χ0v) is 21.1. The van der Waals surface area contributed by atoms with E-state index in [0.29, 0.717) is 23.6 Å². The van der Waals surface area contributed by atoms with Crippen LogP contribution in [-0.4, -0.2) is 42.5 Å². The summed E-state index contributed by atoms with van der Waals surface area (Å²) in [5.74, 6) is -0.859. The molecule has 0 unspecified atom stereocenters. The SMILES string of the molecule is Cc1cc(Cl)cnc1C(=O)Nc1ccc(F)c([C@@]2(C)N=C(N)C(C)(C)[S@]3(=O)=NCCCC[C@@H]23)n1. The van der Waals surface area contributed by atoms with Gasteiger partial charge in [-0.1, -0.05) is 18.0 Å². The summed E-state index contributed by atoms with van der Waals surface area (Å²) in [6.07, 6.45) is 3.50. The third-order valence-corrected chi connectivity index (χ3v) is 10.6. The van der Waals surface area contributed by atoms with E-state index in [1.54, 1.807) is 33.8 Å². The third kappa shape index (κ3) is 3.86. The van der Waals surface area contributed by atoms with E-state index >= 15 is 4.39 Å². The number of aromatic nitrogens is 2. The fourth-order valence-electron chi connectivity index (χ4n) is 4.63. The molecule has 4 heterocycles. The molecule has 1 amide bonds. The standard InChI is InChI=1S/C23H28ClFN6O2S/c1-13-11-14(24)12-27-18(13)20(32)30-17-9-8-15(25)19(29-17)23(4)16-7-5-6-10-28-34(16,33)22(2,3)21(26)31-23/h8-9,11-12,16H,5-7,10H2,1-4H3,(H2,26,31)(H,29,30,32)/t16-,23-,34-/m0/s1. The Balaban J connectivity index is 1.80. The van der Waals surface area contributed by atoms with Crippen molar-refractivity contribution in [3.63, 3.8) is 0 Å². The van der Waals surface area contributed by atoms with E-state index < -0.39 is 37.0 Å². The van der Waals surface area contributed by atoms with Crippen LogP contribution >= 0.6 is 11.6 Å². The Hall–Kier alpha value is -2.59. The van der Waals surface area contributed by atoms with Gasteiger partial charge in [0.2, 0.25) is 0 Å². The number of carbonyl (C=O) groups is 1. The highest BCUT2D eigenvalue weighted by Gasteiger charge is 2.56. The first-order chi connectivity index (χ1) is 15.9. The van der Waals surface area contributed by atoms with E-state index in [4.69, 9.17) is 17.3 Å². The minimum Gasteiger partial charge on any atom is -0.386 e. The summed E-state index contributed by atoms with van der Waals surface area (Å²) in [6.45, 7) is 7.42. The van der Waals surface area contributed by atoms with Crippen LogP contribution in [0.15, 0.2) is 33.8 Å². The van der Waals surface area contributed by atoms with Crippen molar-refractivity contribution >= 4 is 38.9 Å². The number of fused-ring (bicyclic) bond motifs is 1. The number of halogens is 2. The van der Waals surface area contributed by atoms with Crippen molar-refractivity contribution in [1.82, 2.24) is 9.97 Å². The average Bonchev–Trinajstić information content (AvgIpc) is 2.97. The van der Waals surface area contributed by atoms with E-state index in [9.17, 15) is 9.00 Å². The summed E-state index contributed by atoms with van der Waals surface area (Å²) >= 11 is 5.93. The Morgan fingerprint density at radius 3 is 2.74 bits per heavy atom. The molecular formula is C23H28ClFN6O2S. The minimum absolute atomic E-state index is 0.0284. The molecule has 0 bridgehead atoms. The van der Waals surface area contributed by atoms with E-state index in [1.165, 1.54) is 18.3 Å². The first-order valence-corrected chi connectivity index (χ1v) is 13.0. The summed E-state index contributed by atoms with van der Waals surface area (Å²) in [5.41, 5.74) is 5.74. The van der Waals surface area contributed by atoms with Gasteiger partial charge in [-0.15, -0.1) is 0 Å². The monoisotopic (exact) mass is 506 g/mol. The maximum absolute atomic E-state index is 15.2. The van der Waals surface area contributed by atoms with E-state index in [1.807, 2.05) is 0 Å². The van der Waals surface area contributed by atoms with Crippen LogP contribution < -0.4 is 11.1 Å². The lowest BCUT2D eigenvalue weighted by atomic mass is 9.88. The average molecular weight is 507 g/mol. The Labute approximate surface area is 203 Å². The van der Waals surface area contributed by atoms with Crippen molar-refractivity contribution in [3.8, 4) is 0 Å². The predicted molar refractivity (Wildman–Crippen MR) is 132 cm³/mol. The second-order valence-corrected chi connectivity index (χ2v) is 12.8. The molecule has 182 valence electrons. The fraction of sp³-hybridized carbons (Fsp3) is 0.478. The molecule has 8 nitrogen and oxygen atoms in total. The van der Waals surface area contributed by atoms with Gasteiger partial charge in [-0.3, -0.25) is 9.79 Å². The summed E-state index contributed by atoms with van der Waals surface area (Å²) in [6, 6.07) is 4.20. The number of nitrogens with one attached hydrogen (secondary N) is 1. The van der Waals surface area contributed by atoms with Crippen LogP contribution in [-0.2, 0) is 15.3 Å². The maximum atomic E-state index is 15.2. The first-order valence-electron chi connectivity index (χ1n) is 11.1. The van der Waals surface area contributed by atoms with Gasteiger partial charge < -0.3 is 11.1 Å². The van der Waals surface area contributed by atoms with Crippen molar-refractivity contribution in [2.75, 3.05) is 11.9 Å². The van der Waals surface area contributed by atoms with Gasteiger partial charge in [0.15, 0.2) is 0 Å². The van der Waals surface area contributed by atoms with Crippen LogP contribution in [0, 0.1) is 12.7 Å². The number of hydrogen-bond acceptors (Lipinski definition) is 7. The number of anilines is 1. The second kappa shape index (κ2) is 8.57. The molecule has 34 heavy (non-hydrogen) atoms. The second-order valence-electron chi connectivity index (χ2n) is 9.36. The summed E-state index contributed by atoms with van der Waals surface area (Å²) in [5, 5.41) is 2.50. The molecule has 0 radical (unpaired) electrons. The molecule has 4 rings (SSSR count). The van der Waals surface area contributed by atoms with Gasteiger partial charge in [-0.05, 0) is 64.3 Å². The normalized spacial score (nSPS) is 28.2. The van der Waals surface area contributed by atoms with Crippen molar-refractivity contribution < 1.29 is 13.4 Å². The van der Waals surface area contributed by atoms with Crippen molar-refractivity contribution in [2.45, 2.75) is 62.5 Å². The Morgan fingerprint density at radius 1 is 1.29 bits per heavy atom. The summed E-state index contributed by atoms with van der Waals surface area (Å²) in [4.78, 5) is 26.0. The lowest BCUT2D eigenvalue weighted by Crippen LogP contribution is -2.59. The highest BCUT2D eigenvalue weighted by atomic mass is 35.5. The lowest BCUT2D eigenvalue weighted by Gasteiger charge is -2.45. The largest absolute Gasteiger partial charge is 0.386 e. The number of hydrogen-bond donors (Lipinski definition) is 2. The summed E-state index contributed by atoms with van der Waals surface area (Å²) < 4.78 is 33.2. The van der Waals surface area contributed by atoms with E-state index in [-0.39, 0.29) is 23.0 Å². The molecule has 3 atom stereocenters. The van der Waals surface area contributed by atoms with Gasteiger partial charge in [0.1, 0.15) is 39.1 Å². The highest BCUT2D eigenvalue weighted by Crippen LogP contribution is 2.46. The Bertz CT molecular complexity index is 1320. The first kappa shape index (κ1) is 24.5. The third-order valence-electron chi connectivity index (χ3n) is 6.70. The van der Waals surface area contributed by atoms with Gasteiger partial charge in [-0.25, -0.2) is 22.9 Å². The number of rotatable bonds is 3. The molecule has 11 heteroatoms. The summed E-state index contributed by atoms with van der Waals surface area (Å²) in [7, 11) is -2.90. The number of carbonyl (C=O) groups excluding carboxylic acids is 1. The van der Waals surface area contributed by atoms with Gasteiger partial charge in [0.25, 0.3) is 5.91 Å². The predicted octanol–water partition coefficient (Wildman–Crippen LogP) is 4.21. The fourth-order valence-corrected chi connectivity index (χ4v) is 8.08. The van der Waals surface area contributed by atoms with E-state index in [2.05, 4.69) is 24.6 Å². The van der Waals surface area contributed by atoms with Gasteiger partial charge in [0.05, 0.1) is 20.0 Å². The number of nitrogens with zero attached hydrogens (tertiary/aromatic N) is 4. The van der Waals surface area contributed by atoms with Crippen LogP contribution in [0.3, 0.4) is 0 Å². The van der Waals surface area contributed by atoms with Crippen LogP contribution in [0.1, 0.15) is 61.8 Å². The lowest BCUT2D eigenvalue weighted by molar-refractivity contribution is 0.102. The van der Waals surface area contributed by atoms with Crippen molar-refractivity contribution in [1.29, 1.82) is 0 Å². The molecule has 2 aliphatic rings. The number of amides is 1. The topological polar surface area (TPSA) is 123 Å². The molecule has 3 N–H and O–H groups in total. The Morgan fingerprint density at radius 2 is 2.03 bits per heavy atom. The molecule has 2 aromatic heterocycles. The molecule has 0 aliphatic carbocycles. The molecule has 0 fully saturated rings. The minimum atomic E-state index is -2.90. The van der Waals surface area contributed by atoms with Gasteiger partial charge >= 0.3 is 0 Å². The number of aliphatic imine (C=N–C) groups is 1. The number of pyridine rings is 2. The van der Waals surface area contributed by atoms with E-state index in [0.717, 1.165) is 12.8 Å². The zero-order valence-electron chi connectivity index (χ0n) is 19.6. The Kier molecular flexibility index (Phi) is 6.18. The molecular weight excluding hydrogens is 479 g/mol. The number of nitrogens with two attached hydrogens (primary N) is 1. The quantitative estimate of drug-likeness (QED) is 0.645. The van der Waals surface area contributed by atoms with Gasteiger partial charge in [-0.2, -0.15) is 0 Å². The van der Waals surface area contributed by atoms with Crippen molar-refractivity contribution in [3.05, 3.63) is 52.2 Å². The number of amidine groups is 1. The molecule has 0 saturated carbocycles. The molecule has 0 spiro atoms. The van der Waals surface area contributed by atoms with Crippen LogP contribution in [0.25, 0.3) is 0 Å². The van der Waals surface area contributed by atoms with Gasteiger partial charge in [0, 0.05) is 12.7 Å². The van der Waals surface area contributed by atoms with Crippen molar-refractivity contribution in [2.24, 2.45) is 15.1 Å². The maximum Gasteiger partial charge on any atom is 0.275 e.